The number of likely N-dealkylation sites (N-methyl/N-ethyl adjacent to an activating group) is 1. The molecule has 0 amide bonds. The van der Waals surface area contributed by atoms with Crippen LogP contribution < -0.4 is 0 Å². The molecule has 0 radical (unpaired) electrons. The topological polar surface area (TPSA) is 50.3 Å². The van der Waals surface area contributed by atoms with Crippen molar-refractivity contribution in [2.75, 3.05) is 14.1 Å². The Bertz CT molecular complexity index is 521. The summed E-state index contributed by atoms with van der Waals surface area (Å²) in [5.74, 6) is -1.38. The molecule has 0 unspecified atom stereocenters. The molecule has 1 aliphatic rings. The second-order valence-electron chi connectivity index (χ2n) is 3.67. The van der Waals surface area contributed by atoms with E-state index in [-0.39, 0.29) is 28.5 Å². The van der Waals surface area contributed by atoms with E-state index in [0.29, 0.717) is 0 Å². The van der Waals surface area contributed by atoms with Crippen LogP contribution in [0.25, 0.3) is 0 Å². The predicted octanol–water partition coefficient (Wildman–Crippen LogP) is 1.05. The van der Waals surface area contributed by atoms with E-state index in [0.717, 1.165) is 12.3 Å². The molecule has 0 fully saturated rings. The molecule has 0 aromatic carbocycles. The van der Waals surface area contributed by atoms with Crippen LogP contribution in [-0.4, -0.2) is 35.5 Å². The fraction of sp³-hybridized carbons (Fsp3) is 0.182. The summed E-state index contributed by atoms with van der Waals surface area (Å²) in [6.07, 6.45) is 2.15. The van der Waals surface area contributed by atoms with E-state index >= 15 is 0 Å². The lowest BCUT2D eigenvalue weighted by Gasteiger charge is -2.20. The van der Waals surface area contributed by atoms with E-state index in [9.17, 15) is 14.0 Å². The number of hydrogen-bond donors (Lipinski definition) is 0. The van der Waals surface area contributed by atoms with Gasteiger partial charge in [0.2, 0.25) is 11.6 Å². The Morgan fingerprint density at radius 3 is 2.62 bits per heavy atom. The van der Waals surface area contributed by atoms with Crippen LogP contribution in [0.3, 0.4) is 0 Å². The van der Waals surface area contributed by atoms with Gasteiger partial charge in [-0.25, -0.2) is 9.37 Å². The fourth-order valence-corrected chi connectivity index (χ4v) is 1.54. The highest BCUT2D eigenvalue weighted by Crippen LogP contribution is 2.21. The Morgan fingerprint density at radius 1 is 1.31 bits per heavy atom. The Morgan fingerprint density at radius 2 is 2.00 bits per heavy atom. The number of aromatic nitrogens is 1. The van der Waals surface area contributed by atoms with Gasteiger partial charge in [0.15, 0.2) is 0 Å². The quantitative estimate of drug-likeness (QED) is 0.709. The lowest BCUT2D eigenvalue weighted by atomic mass is 9.97. The molecule has 0 saturated carbocycles. The van der Waals surface area contributed by atoms with Crippen molar-refractivity contribution in [2.45, 2.75) is 0 Å². The summed E-state index contributed by atoms with van der Waals surface area (Å²) >= 11 is 0. The molecule has 16 heavy (non-hydrogen) atoms. The zero-order valence-electron chi connectivity index (χ0n) is 8.82. The first-order valence-electron chi connectivity index (χ1n) is 4.64. The van der Waals surface area contributed by atoms with Gasteiger partial charge in [-0.2, -0.15) is 0 Å². The maximum atomic E-state index is 13.0. The Labute approximate surface area is 91.4 Å². The number of fused-ring (bicyclic) bond motifs is 1. The van der Waals surface area contributed by atoms with Crippen LogP contribution in [-0.2, 0) is 0 Å². The summed E-state index contributed by atoms with van der Waals surface area (Å²) < 4.78 is 13.0. The summed E-state index contributed by atoms with van der Waals surface area (Å²) in [4.78, 5) is 28.7. The van der Waals surface area contributed by atoms with Crippen molar-refractivity contribution in [1.29, 1.82) is 0 Å². The minimum absolute atomic E-state index is 0.0111. The molecule has 82 valence electrons. The van der Waals surface area contributed by atoms with Gasteiger partial charge in [0.05, 0.1) is 17.5 Å². The van der Waals surface area contributed by atoms with Crippen molar-refractivity contribution in [3.05, 3.63) is 41.1 Å². The van der Waals surface area contributed by atoms with Gasteiger partial charge in [-0.15, -0.1) is 0 Å². The van der Waals surface area contributed by atoms with Gasteiger partial charge in [0, 0.05) is 20.2 Å². The van der Waals surface area contributed by atoms with Crippen molar-refractivity contribution < 1.29 is 14.0 Å². The number of carbonyl (C=O) groups is 2. The summed E-state index contributed by atoms with van der Waals surface area (Å²) in [7, 11) is 3.30. The number of carbonyl (C=O) groups excluding carboxylic acids is 2. The molecule has 4 nitrogen and oxygen atoms in total. The van der Waals surface area contributed by atoms with E-state index in [1.54, 1.807) is 14.1 Å². The molecule has 1 heterocycles. The predicted molar refractivity (Wildman–Crippen MR) is 54.6 cm³/mol. The van der Waals surface area contributed by atoms with Gasteiger partial charge in [-0.05, 0) is 6.07 Å². The Kier molecular flexibility index (Phi) is 2.30. The smallest absolute Gasteiger partial charge is 0.211 e. The van der Waals surface area contributed by atoms with Crippen molar-refractivity contribution in [2.24, 2.45) is 0 Å². The number of hydrogen-bond acceptors (Lipinski definition) is 4. The molecule has 1 aromatic rings. The molecule has 0 saturated heterocycles. The number of halogens is 1. The SMILES string of the molecule is CN(C)C1=CC(=O)c2ncc(F)cc2C1=O. The molecule has 1 aromatic heterocycles. The molecular weight excluding hydrogens is 211 g/mol. The second kappa shape index (κ2) is 3.52. The maximum absolute atomic E-state index is 13.0. The number of ketones is 2. The van der Waals surface area contributed by atoms with E-state index in [4.69, 9.17) is 0 Å². The van der Waals surface area contributed by atoms with Gasteiger partial charge in [0.1, 0.15) is 11.5 Å². The molecule has 2 rings (SSSR count). The van der Waals surface area contributed by atoms with Gasteiger partial charge in [-0.3, -0.25) is 9.59 Å². The van der Waals surface area contributed by atoms with E-state index in [2.05, 4.69) is 4.98 Å². The average molecular weight is 220 g/mol. The lowest BCUT2D eigenvalue weighted by molar-refractivity contribution is 0.0959. The molecule has 0 N–H and O–H groups in total. The van der Waals surface area contributed by atoms with Crippen LogP contribution in [0.2, 0.25) is 0 Å². The van der Waals surface area contributed by atoms with Crippen LogP contribution in [0.15, 0.2) is 24.0 Å². The third-order valence-electron chi connectivity index (χ3n) is 2.31. The summed E-state index contributed by atoms with van der Waals surface area (Å²) in [6.45, 7) is 0. The number of rotatable bonds is 1. The zero-order chi connectivity index (χ0) is 11.9. The van der Waals surface area contributed by atoms with Crippen LogP contribution in [0.4, 0.5) is 4.39 Å². The van der Waals surface area contributed by atoms with Crippen LogP contribution in [0.1, 0.15) is 20.8 Å². The van der Waals surface area contributed by atoms with Gasteiger partial charge >= 0.3 is 0 Å². The van der Waals surface area contributed by atoms with Crippen molar-refractivity contribution in [3.63, 3.8) is 0 Å². The van der Waals surface area contributed by atoms with Crippen LogP contribution in [0, 0.1) is 5.82 Å². The van der Waals surface area contributed by atoms with Gasteiger partial charge in [0.25, 0.3) is 0 Å². The van der Waals surface area contributed by atoms with E-state index < -0.39 is 5.82 Å². The largest absolute Gasteiger partial charge is 0.374 e. The normalized spacial score (nSPS) is 14.6. The molecular formula is C11H9FN2O2. The highest BCUT2D eigenvalue weighted by molar-refractivity contribution is 6.23. The lowest BCUT2D eigenvalue weighted by Crippen LogP contribution is -2.27. The van der Waals surface area contributed by atoms with Crippen molar-refractivity contribution in [3.8, 4) is 0 Å². The first kappa shape index (κ1) is 10.5. The third-order valence-corrected chi connectivity index (χ3v) is 2.31. The minimum atomic E-state index is -0.625. The summed E-state index contributed by atoms with van der Waals surface area (Å²) in [5.41, 5.74) is 0.276. The average Bonchev–Trinajstić information content (AvgIpc) is 2.22. The van der Waals surface area contributed by atoms with Crippen LogP contribution >= 0.6 is 0 Å². The van der Waals surface area contributed by atoms with Gasteiger partial charge < -0.3 is 4.90 Å². The first-order valence-corrected chi connectivity index (χ1v) is 4.64. The number of Topliss-reactive ketones (excluding diaryl/α,β-unsaturated/α-hetero) is 1. The molecule has 0 spiro atoms. The third kappa shape index (κ3) is 1.50. The Hall–Kier alpha value is -2.04. The minimum Gasteiger partial charge on any atom is -0.374 e. The summed E-state index contributed by atoms with van der Waals surface area (Å²) in [5, 5.41) is 0. The summed E-state index contributed by atoms with van der Waals surface area (Å²) in [6, 6.07) is 1.04. The highest BCUT2D eigenvalue weighted by atomic mass is 19.1. The number of nitrogens with zero attached hydrogens (tertiary/aromatic N) is 2. The van der Waals surface area contributed by atoms with Gasteiger partial charge in [-0.1, -0.05) is 0 Å². The van der Waals surface area contributed by atoms with Crippen molar-refractivity contribution >= 4 is 11.6 Å². The van der Waals surface area contributed by atoms with Crippen LogP contribution in [0.5, 0.6) is 0 Å². The number of allylic oxidation sites excluding steroid dienone is 2. The second-order valence-corrected chi connectivity index (χ2v) is 3.67. The standard InChI is InChI=1S/C11H9FN2O2/c1-14(2)8-4-9(15)10-7(11(8)16)3-6(12)5-13-10/h3-5H,1-2H3. The highest BCUT2D eigenvalue weighted by Gasteiger charge is 2.28. The molecule has 0 atom stereocenters. The molecule has 1 aliphatic carbocycles. The monoisotopic (exact) mass is 220 g/mol. The van der Waals surface area contributed by atoms with E-state index in [1.165, 1.54) is 11.0 Å². The number of pyridine rings is 1. The van der Waals surface area contributed by atoms with Crippen molar-refractivity contribution in [1.82, 2.24) is 9.88 Å². The zero-order valence-corrected chi connectivity index (χ0v) is 8.82. The van der Waals surface area contributed by atoms with E-state index in [1.807, 2.05) is 0 Å². The Balaban J connectivity index is 2.61. The first-order chi connectivity index (χ1) is 7.50. The fourth-order valence-electron chi connectivity index (χ4n) is 1.54. The molecule has 0 aliphatic heterocycles. The maximum Gasteiger partial charge on any atom is 0.211 e. The molecule has 0 bridgehead atoms. The molecule has 5 heteroatoms.